The van der Waals surface area contributed by atoms with Gasteiger partial charge in [0.2, 0.25) is 0 Å². The lowest BCUT2D eigenvalue weighted by molar-refractivity contribution is 0.625. The molecule has 15 heavy (non-hydrogen) atoms. The van der Waals surface area contributed by atoms with Crippen LogP contribution in [0.4, 0.5) is 0 Å². The van der Waals surface area contributed by atoms with Crippen LogP contribution in [0.15, 0.2) is 24.4 Å². The molecule has 1 aliphatic rings. The number of hydrogen-bond acceptors (Lipinski definition) is 2. The largest absolute Gasteiger partial charge is 0.360 e. The van der Waals surface area contributed by atoms with Gasteiger partial charge in [-0.1, -0.05) is 0 Å². The van der Waals surface area contributed by atoms with E-state index in [9.17, 15) is 0 Å². The average Bonchev–Trinajstić information content (AvgIpc) is 3.02. The summed E-state index contributed by atoms with van der Waals surface area (Å²) < 4.78 is 0. The first-order valence-corrected chi connectivity index (χ1v) is 5.36. The Morgan fingerprint density at radius 3 is 3.13 bits per heavy atom. The van der Waals surface area contributed by atoms with Crippen molar-refractivity contribution in [2.45, 2.75) is 18.9 Å². The molecule has 1 fully saturated rings. The molecule has 3 heterocycles. The van der Waals surface area contributed by atoms with Crippen molar-refractivity contribution in [1.82, 2.24) is 20.5 Å². The molecule has 0 aromatic carbocycles. The van der Waals surface area contributed by atoms with E-state index < -0.39 is 0 Å². The Bertz CT molecular complexity index is 423. The van der Waals surface area contributed by atoms with Gasteiger partial charge < -0.3 is 10.3 Å². The molecule has 2 aromatic rings. The van der Waals surface area contributed by atoms with Crippen molar-refractivity contribution in [3.05, 3.63) is 30.1 Å². The van der Waals surface area contributed by atoms with Crippen LogP contribution in [-0.4, -0.2) is 21.7 Å². The summed E-state index contributed by atoms with van der Waals surface area (Å²) in [6.45, 7) is 1.11. The minimum Gasteiger partial charge on any atom is -0.360 e. The Hall–Kier alpha value is -1.55. The van der Waals surface area contributed by atoms with Crippen LogP contribution >= 0.6 is 0 Å². The maximum absolute atomic E-state index is 4.31. The Labute approximate surface area is 88.1 Å². The van der Waals surface area contributed by atoms with E-state index in [4.69, 9.17) is 0 Å². The number of nitrogens with zero attached hydrogens (tertiary/aromatic N) is 1. The summed E-state index contributed by atoms with van der Waals surface area (Å²) >= 11 is 0. The van der Waals surface area contributed by atoms with Crippen LogP contribution in [0, 0.1) is 0 Å². The second kappa shape index (κ2) is 3.55. The first-order chi connectivity index (χ1) is 7.43. The van der Waals surface area contributed by atoms with E-state index in [1.807, 2.05) is 18.3 Å². The molecular weight excluding hydrogens is 188 g/mol. The third-order valence-corrected chi connectivity index (χ3v) is 2.91. The maximum atomic E-state index is 4.31. The number of hydrogen-bond donors (Lipinski definition) is 3. The van der Waals surface area contributed by atoms with Crippen molar-refractivity contribution < 1.29 is 0 Å². The third kappa shape index (κ3) is 1.57. The molecule has 4 heteroatoms. The monoisotopic (exact) mass is 202 g/mol. The van der Waals surface area contributed by atoms with Crippen LogP contribution in [0.3, 0.4) is 0 Å². The fourth-order valence-electron chi connectivity index (χ4n) is 2.09. The number of rotatable bonds is 2. The number of aromatic nitrogens is 3. The lowest BCUT2D eigenvalue weighted by atomic mass is 10.1. The predicted molar refractivity (Wildman–Crippen MR) is 58.4 cm³/mol. The molecule has 0 aliphatic carbocycles. The van der Waals surface area contributed by atoms with E-state index in [1.165, 1.54) is 18.5 Å². The van der Waals surface area contributed by atoms with Crippen LogP contribution in [-0.2, 0) is 0 Å². The van der Waals surface area contributed by atoms with E-state index in [1.54, 1.807) is 0 Å². The summed E-state index contributed by atoms with van der Waals surface area (Å²) in [5, 5.41) is 10.9. The molecule has 0 radical (unpaired) electrons. The zero-order chi connectivity index (χ0) is 10.1. The molecular formula is C11H14N4. The second-order valence-corrected chi connectivity index (χ2v) is 3.94. The van der Waals surface area contributed by atoms with E-state index in [-0.39, 0.29) is 0 Å². The van der Waals surface area contributed by atoms with Crippen molar-refractivity contribution in [2.75, 3.05) is 6.54 Å². The van der Waals surface area contributed by atoms with E-state index in [0.29, 0.717) is 6.04 Å². The SMILES string of the molecule is c1c[nH]c(-c2cc(C3CCCN3)[nH]n2)c1. The Morgan fingerprint density at radius 2 is 2.40 bits per heavy atom. The van der Waals surface area contributed by atoms with Crippen LogP contribution in [0.5, 0.6) is 0 Å². The lowest BCUT2D eigenvalue weighted by Gasteiger charge is -2.05. The van der Waals surface area contributed by atoms with E-state index in [2.05, 4.69) is 26.6 Å². The van der Waals surface area contributed by atoms with Gasteiger partial charge in [0.05, 0.1) is 11.4 Å². The van der Waals surface area contributed by atoms with Gasteiger partial charge in [0.1, 0.15) is 5.69 Å². The molecule has 78 valence electrons. The molecule has 0 saturated carbocycles. The standard InChI is InChI=1S/C11H14N4/c1-3-8(12-5-1)10-7-11(15-14-10)9-4-2-6-13-9/h1,3,5,7,9,12-13H,2,4,6H2,(H,14,15). The van der Waals surface area contributed by atoms with Crippen molar-refractivity contribution >= 4 is 0 Å². The highest BCUT2D eigenvalue weighted by Crippen LogP contribution is 2.24. The van der Waals surface area contributed by atoms with Crippen LogP contribution in [0.2, 0.25) is 0 Å². The predicted octanol–water partition coefficient (Wildman–Crippen LogP) is 1.83. The molecule has 1 unspecified atom stereocenters. The molecule has 3 rings (SSSR count). The van der Waals surface area contributed by atoms with Gasteiger partial charge in [0.25, 0.3) is 0 Å². The summed E-state index contributed by atoms with van der Waals surface area (Å²) in [6, 6.07) is 6.59. The Kier molecular flexibility index (Phi) is 2.07. The quantitative estimate of drug-likeness (QED) is 0.695. The fourth-order valence-corrected chi connectivity index (χ4v) is 2.09. The van der Waals surface area contributed by atoms with Gasteiger partial charge >= 0.3 is 0 Å². The smallest absolute Gasteiger partial charge is 0.109 e. The molecule has 2 aromatic heterocycles. The molecule has 1 atom stereocenters. The van der Waals surface area contributed by atoms with Gasteiger partial charge in [-0.15, -0.1) is 0 Å². The first-order valence-electron chi connectivity index (χ1n) is 5.36. The van der Waals surface area contributed by atoms with Gasteiger partial charge in [-0.2, -0.15) is 5.10 Å². The van der Waals surface area contributed by atoms with Gasteiger partial charge in [-0.3, -0.25) is 5.10 Å². The van der Waals surface area contributed by atoms with Crippen LogP contribution in [0.1, 0.15) is 24.6 Å². The fraction of sp³-hybridized carbons (Fsp3) is 0.364. The topological polar surface area (TPSA) is 56.5 Å². The van der Waals surface area contributed by atoms with Gasteiger partial charge in [0, 0.05) is 12.2 Å². The van der Waals surface area contributed by atoms with Crippen molar-refractivity contribution in [3.63, 3.8) is 0 Å². The molecule has 1 saturated heterocycles. The molecule has 0 amide bonds. The minimum absolute atomic E-state index is 0.459. The lowest BCUT2D eigenvalue weighted by Crippen LogP contribution is -2.12. The molecule has 1 aliphatic heterocycles. The summed E-state index contributed by atoms with van der Waals surface area (Å²) in [4.78, 5) is 3.15. The normalized spacial score (nSPS) is 20.9. The summed E-state index contributed by atoms with van der Waals surface area (Å²) in [5.74, 6) is 0. The number of nitrogens with one attached hydrogen (secondary N) is 3. The highest BCUT2D eigenvalue weighted by molar-refractivity contribution is 5.54. The van der Waals surface area contributed by atoms with Crippen LogP contribution in [0.25, 0.3) is 11.4 Å². The summed E-state index contributed by atoms with van der Waals surface area (Å²) in [6.07, 6.45) is 4.37. The number of H-pyrrole nitrogens is 2. The third-order valence-electron chi connectivity index (χ3n) is 2.91. The molecule has 0 bridgehead atoms. The van der Waals surface area contributed by atoms with Crippen molar-refractivity contribution in [1.29, 1.82) is 0 Å². The van der Waals surface area contributed by atoms with Gasteiger partial charge in [0.15, 0.2) is 0 Å². The second-order valence-electron chi connectivity index (χ2n) is 3.94. The molecule has 3 N–H and O–H groups in total. The van der Waals surface area contributed by atoms with Gasteiger partial charge in [-0.25, -0.2) is 0 Å². The molecule has 0 spiro atoms. The Balaban J connectivity index is 1.87. The van der Waals surface area contributed by atoms with E-state index >= 15 is 0 Å². The minimum atomic E-state index is 0.459. The van der Waals surface area contributed by atoms with Crippen molar-refractivity contribution in [2.24, 2.45) is 0 Å². The van der Waals surface area contributed by atoms with Gasteiger partial charge in [-0.05, 0) is 37.6 Å². The zero-order valence-corrected chi connectivity index (χ0v) is 8.46. The van der Waals surface area contributed by atoms with E-state index in [0.717, 1.165) is 17.9 Å². The zero-order valence-electron chi connectivity index (χ0n) is 8.46. The number of aromatic amines is 2. The first kappa shape index (κ1) is 8.73. The maximum Gasteiger partial charge on any atom is 0.109 e. The molecule has 4 nitrogen and oxygen atoms in total. The Morgan fingerprint density at radius 1 is 1.40 bits per heavy atom. The highest BCUT2D eigenvalue weighted by Gasteiger charge is 2.18. The van der Waals surface area contributed by atoms with Crippen molar-refractivity contribution in [3.8, 4) is 11.4 Å². The summed E-state index contributed by atoms with van der Waals surface area (Å²) in [7, 11) is 0. The summed E-state index contributed by atoms with van der Waals surface area (Å²) in [5.41, 5.74) is 3.25. The average molecular weight is 202 g/mol. The highest BCUT2D eigenvalue weighted by atomic mass is 15.1. The van der Waals surface area contributed by atoms with Crippen LogP contribution < -0.4 is 5.32 Å².